The van der Waals surface area contributed by atoms with Gasteiger partial charge in [0, 0.05) is 33.3 Å². The Kier molecular flexibility index (Phi) is 5.90. The van der Waals surface area contributed by atoms with E-state index in [4.69, 9.17) is 0 Å². The zero-order valence-electron chi connectivity index (χ0n) is 9.65. The van der Waals surface area contributed by atoms with Gasteiger partial charge in [-0.3, -0.25) is 4.21 Å². The molecule has 0 saturated carbocycles. The lowest BCUT2D eigenvalue weighted by Gasteiger charge is -2.08. The molecule has 1 rings (SSSR count). The highest BCUT2D eigenvalue weighted by atomic mass is 79.9. The van der Waals surface area contributed by atoms with Gasteiger partial charge in [0.25, 0.3) is 0 Å². The molecule has 0 heterocycles. The van der Waals surface area contributed by atoms with E-state index in [-0.39, 0.29) is 21.7 Å². The molecule has 0 radical (unpaired) electrons. The molecule has 8 heteroatoms. The van der Waals surface area contributed by atoms with Crippen molar-refractivity contribution >= 4 is 36.8 Å². The number of rotatable bonds is 6. The molecule has 102 valence electrons. The first kappa shape index (κ1) is 15.7. The van der Waals surface area contributed by atoms with Gasteiger partial charge >= 0.3 is 0 Å². The summed E-state index contributed by atoms with van der Waals surface area (Å²) in [6.45, 7) is 1.85. The summed E-state index contributed by atoms with van der Waals surface area (Å²) in [6, 6.07) is 3.33. The number of benzene rings is 1. The molecule has 1 N–H and O–H groups in total. The van der Waals surface area contributed by atoms with Gasteiger partial charge in [0.1, 0.15) is 5.82 Å². The Morgan fingerprint density at radius 1 is 1.44 bits per heavy atom. The first-order valence-corrected chi connectivity index (χ1v) is 8.93. The van der Waals surface area contributed by atoms with E-state index >= 15 is 0 Å². The molecule has 0 aliphatic carbocycles. The summed E-state index contributed by atoms with van der Waals surface area (Å²) < 4.78 is 50.2. The van der Waals surface area contributed by atoms with Crippen LogP contribution in [-0.4, -0.2) is 30.7 Å². The number of hydrogen-bond acceptors (Lipinski definition) is 3. The normalized spacial score (nSPS) is 13.5. The van der Waals surface area contributed by atoms with E-state index in [2.05, 4.69) is 20.7 Å². The molecule has 0 bridgehead atoms. The lowest BCUT2D eigenvalue weighted by Crippen LogP contribution is -2.28. The van der Waals surface area contributed by atoms with Crippen LogP contribution >= 0.6 is 15.9 Å². The molecule has 1 aromatic rings. The van der Waals surface area contributed by atoms with Gasteiger partial charge < -0.3 is 0 Å². The van der Waals surface area contributed by atoms with Gasteiger partial charge in [0.15, 0.2) is 0 Å². The molecule has 0 aliphatic rings. The fraction of sp³-hybridized carbons (Fsp3) is 0.400. The van der Waals surface area contributed by atoms with E-state index in [1.54, 1.807) is 6.92 Å². The summed E-state index contributed by atoms with van der Waals surface area (Å²) in [5.41, 5.74) is 0. The predicted molar refractivity (Wildman–Crippen MR) is 72.8 cm³/mol. The molecule has 4 nitrogen and oxygen atoms in total. The third kappa shape index (κ3) is 4.42. The monoisotopic (exact) mass is 357 g/mol. The third-order valence-electron chi connectivity index (χ3n) is 2.13. The molecule has 1 atom stereocenters. The summed E-state index contributed by atoms with van der Waals surface area (Å²) in [4.78, 5) is -0.0359. The first-order valence-electron chi connectivity index (χ1n) is 5.16. The minimum absolute atomic E-state index is 0.0359. The van der Waals surface area contributed by atoms with Gasteiger partial charge in [-0.05, 0) is 34.1 Å². The summed E-state index contributed by atoms with van der Waals surface area (Å²) in [5, 5.41) is 0. The van der Waals surface area contributed by atoms with Crippen LogP contribution in [0.3, 0.4) is 0 Å². The Morgan fingerprint density at radius 3 is 2.67 bits per heavy atom. The lowest BCUT2D eigenvalue weighted by molar-refractivity contribution is 0.582. The second-order valence-electron chi connectivity index (χ2n) is 3.41. The Hall–Kier alpha value is -0.310. The third-order valence-corrected chi connectivity index (χ3v) is 5.87. The highest BCUT2D eigenvalue weighted by Gasteiger charge is 2.17. The van der Waals surface area contributed by atoms with Crippen molar-refractivity contribution in [2.75, 3.05) is 18.1 Å². The average molecular weight is 358 g/mol. The van der Waals surface area contributed by atoms with Crippen LogP contribution in [0.25, 0.3) is 0 Å². The maximum Gasteiger partial charge on any atom is 0.241 e. The van der Waals surface area contributed by atoms with E-state index in [1.807, 2.05) is 0 Å². The van der Waals surface area contributed by atoms with Crippen molar-refractivity contribution < 1.29 is 17.0 Å². The zero-order valence-corrected chi connectivity index (χ0v) is 12.9. The highest BCUT2D eigenvalue weighted by Crippen LogP contribution is 2.22. The number of nitrogens with one attached hydrogen (secondary N) is 1. The molecule has 0 spiro atoms. The summed E-state index contributed by atoms with van der Waals surface area (Å²) in [7, 11) is -4.74. The number of hydrogen-bond donors (Lipinski definition) is 1. The maximum absolute atomic E-state index is 12.9. The van der Waals surface area contributed by atoms with Gasteiger partial charge in [-0.15, -0.1) is 0 Å². The first-order chi connectivity index (χ1) is 8.36. The van der Waals surface area contributed by atoms with Crippen LogP contribution in [0.5, 0.6) is 0 Å². The van der Waals surface area contributed by atoms with Crippen LogP contribution in [0.15, 0.2) is 27.6 Å². The van der Waals surface area contributed by atoms with Gasteiger partial charge in [0.2, 0.25) is 10.0 Å². The predicted octanol–water partition coefficient (Wildman–Crippen LogP) is 1.64. The molecular weight excluding hydrogens is 345 g/mol. The quantitative estimate of drug-likeness (QED) is 0.841. The largest absolute Gasteiger partial charge is 0.260 e. The van der Waals surface area contributed by atoms with Crippen LogP contribution in [0.2, 0.25) is 0 Å². The smallest absolute Gasteiger partial charge is 0.241 e. The van der Waals surface area contributed by atoms with Gasteiger partial charge in [-0.2, -0.15) is 0 Å². The van der Waals surface area contributed by atoms with Gasteiger partial charge in [0.05, 0.1) is 4.90 Å². The van der Waals surface area contributed by atoms with E-state index in [0.29, 0.717) is 5.75 Å². The SMILES string of the molecule is CCS(=O)CCNS(=O)(=O)c1ccc(F)cc1Br. The Morgan fingerprint density at radius 2 is 2.11 bits per heavy atom. The van der Waals surface area contributed by atoms with E-state index in [0.717, 1.165) is 12.1 Å². The summed E-state index contributed by atoms with van der Waals surface area (Å²) in [6.07, 6.45) is 0. The van der Waals surface area contributed by atoms with Crippen molar-refractivity contribution in [3.8, 4) is 0 Å². The minimum Gasteiger partial charge on any atom is -0.260 e. The van der Waals surface area contributed by atoms with Crippen LogP contribution in [-0.2, 0) is 20.8 Å². The minimum atomic E-state index is -3.71. The molecule has 0 fully saturated rings. The highest BCUT2D eigenvalue weighted by molar-refractivity contribution is 9.10. The number of halogens is 2. The molecule has 0 amide bonds. The average Bonchev–Trinajstić information content (AvgIpc) is 2.27. The molecule has 1 aromatic carbocycles. The van der Waals surface area contributed by atoms with E-state index < -0.39 is 26.6 Å². The van der Waals surface area contributed by atoms with Crippen molar-refractivity contribution in [1.29, 1.82) is 0 Å². The fourth-order valence-corrected chi connectivity index (χ4v) is 4.03. The van der Waals surface area contributed by atoms with Gasteiger partial charge in [-0.1, -0.05) is 6.92 Å². The van der Waals surface area contributed by atoms with Crippen molar-refractivity contribution in [2.24, 2.45) is 0 Å². The lowest BCUT2D eigenvalue weighted by atomic mass is 10.3. The van der Waals surface area contributed by atoms with Crippen LogP contribution in [0, 0.1) is 5.82 Å². The summed E-state index contributed by atoms with van der Waals surface area (Å²) >= 11 is 3.00. The Bertz CT molecular complexity index is 548. The van der Waals surface area contributed by atoms with Crippen molar-refractivity contribution in [1.82, 2.24) is 4.72 Å². The molecule has 0 aromatic heterocycles. The van der Waals surface area contributed by atoms with E-state index in [1.165, 1.54) is 6.07 Å². The second-order valence-corrected chi connectivity index (χ2v) is 7.86. The molecule has 18 heavy (non-hydrogen) atoms. The topological polar surface area (TPSA) is 63.2 Å². The molecule has 0 aliphatic heterocycles. The Balaban J connectivity index is 2.77. The zero-order chi connectivity index (χ0) is 13.8. The Labute approximate surface area is 117 Å². The van der Waals surface area contributed by atoms with Crippen molar-refractivity contribution in [2.45, 2.75) is 11.8 Å². The molecular formula is C10H13BrFNO3S2. The summed E-state index contributed by atoms with van der Waals surface area (Å²) in [5.74, 6) is 0.226. The second kappa shape index (κ2) is 6.74. The maximum atomic E-state index is 12.9. The van der Waals surface area contributed by atoms with Crippen LogP contribution in [0.1, 0.15) is 6.92 Å². The van der Waals surface area contributed by atoms with Crippen LogP contribution < -0.4 is 4.72 Å². The van der Waals surface area contributed by atoms with Crippen LogP contribution in [0.4, 0.5) is 4.39 Å². The molecule has 1 unspecified atom stereocenters. The van der Waals surface area contributed by atoms with Crippen molar-refractivity contribution in [3.05, 3.63) is 28.5 Å². The van der Waals surface area contributed by atoms with Crippen molar-refractivity contribution in [3.63, 3.8) is 0 Å². The van der Waals surface area contributed by atoms with E-state index in [9.17, 15) is 17.0 Å². The fourth-order valence-electron chi connectivity index (χ4n) is 1.21. The number of sulfonamides is 1. The standard InChI is InChI=1S/C10H13BrFNO3S2/c1-2-17(14)6-5-13-18(15,16)10-4-3-8(12)7-9(10)11/h3-4,7,13H,2,5-6H2,1H3. The molecule has 0 saturated heterocycles. The van der Waals surface area contributed by atoms with Gasteiger partial charge in [-0.25, -0.2) is 17.5 Å².